The maximum Gasteiger partial charge on any atom is 0.302 e. The molecule has 66 valence electrons. The van der Waals surface area contributed by atoms with Crippen molar-refractivity contribution in [2.75, 3.05) is 6.61 Å². The van der Waals surface area contributed by atoms with Gasteiger partial charge in [-0.15, -0.1) is 0 Å². The average Bonchev–Trinajstić information content (AvgIpc) is 1.85. The lowest BCUT2D eigenvalue weighted by Crippen LogP contribution is -2.06. The molecule has 0 atom stereocenters. The predicted molar refractivity (Wildman–Crippen MR) is 40.6 cm³/mol. The van der Waals surface area contributed by atoms with E-state index >= 15 is 0 Å². The number of hydrogen-bond donors (Lipinski definition) is 0. The molecule has 0 aliphatic heterocycles. The van der Waals surface area contributed by atoms with Crippen LogP contribution in [0.2, 0.25) is 6.04 Å². The summed E-state index contributed by atoms with van der Waals surface area (Å²) in [7, 11) is -1.22. The molecular weight excluding hydrogens is 170 g/mol. The topological polar surface area (TPSA) is 26.3 Å². The van der Waals surface area contributed by atoms with Crippen LogP contribution in [0.15, 0.2) is 0 Å². The molecule has 0 spiro atoms. The zero-order chi connectivity index (χ0) is 8.69. The van der Waals surface area contributed by atoms with Gasteiger partial charge in [-0.1, -0.05) is 6.04 Å². The SMILES string of the molecule is CC(=O)OCCC[SiH2]C(F)F. The Labute approximate surface area is 66.7 Å². The second kappa shape index (κ2) is 6.27. The quantitative estimate of drug-likeness (QED) is 0.356. The van der Waals surface area contributed by atoms with Gasteiger partial charge in [0, 0.05) is 6.92 Å². The molecule has 2 nitrogen and oxygen atoms in total. The lowest BCUT2D eigenvalue weighted by atomic mass is 10.5. The summed E-state index contributed by atoms with van der Waals surface area (Å²) < 4.78 is 27.7. The second-order valence-electron chi connectivity index (χ2n) is 2.23. The van der Waals surface area contributed by atoms with E-state index in [2.05, 4.69) is 4.74 Å². The van der Waals surface area contributed by atoms with Gasteiger partial charge in [-0.3, -0.25) is 4.79 Å². The van der Waals surface area contributed by atoms with Gasteiger partial charge in [0.05, 0.1) is 6.61 Å². The summed E-state index contributed by atoms with van der Waals surface area (Å²) in [5, 5.41) is 0. The summed E-state index contributed by atoms with van der Waals surface area (Å²) in [6, 6.07) is -1.56. The Morgan fingerprint density at radius 2 is 2.27 bits per heavy atom. The molecule has 0 saturated carbocycles. The summed E-state index contributed by atoms with van der Waals surface area (Å²) in [5.74, 6) is -0.344. The second-order valence-corrected chi connectivity index (χ2v) is 4.13. The van der Waals surface area contributed by atoms with Crippen LogP contribution in [-0.4, -0.2) is 28.1 Å². The first-order valence-electron chi connectivity index (χ1n) is 3.54. The van der Waals surface area contributed by atoms with Crippen molar-refractivity contribution in [2.24, 2.45) is 0 Å². The number of rotatable bonds is 5. The fraction of sp³-hybridized carbons (Fsp3) is 0.833. The zero-order valence-corrected chi connectivity index (χ0v) is 7.89. The predicted octanol–water partition coefficient (Wildman–Crippen LogP) is 0.749. The third kappa shape index (κ3) is 9.55. The molecule has 0 bridgehead atoms. The van der Waals surface area contributed by atoms with Crippen molar-refractivity contribution in [1.82, 2.24) is 0 Å². The summed E-state index contributed by atoms with van der Waals surface area (Å²) in [6.07, 6.45) is 0.580. The van der Waals surface area contributed by atoms with Crippen LogP contribution in [0.4, 0.5) is 8.78 Å². The molecule has 0 N–H and O–H groups in total. The van der Waals surface area contributed by atoms with Crippen LogP contribution in [0.1, 0.15) is 13.3 Å². The first-order valence-corrected chi connectivity index (χ1v) is 5.36. The van der Waals surface area contributed by atoms with Gasteiger partial charge >= 0.3 is 5.97 Å². The Hall–Kier alpha value is -0.453. The standard InChI is InChI=1S/C6H12F2O2Si/c1-5(9)10-3-2-4-11-6(7)8/h6H,2-4,11H2,1H3. The van der Waals surface area contributed by atoms with E-state index in [9.17, 15) is 13.6 Å². The fourth-order valence-corrected chi connectivity index (χ4v) is 1.42. The Morgan fingerprint density at radius 3 is 2.73 bits per heavy atom. The molecule has 0 fully saturated rings. The van der Waals surface area contributed by atoms with Crippen LogP contribution in [0.5, 0.6) is 0 Å². The molecule has 0 aliphatic carbocycles. The summed E-state index contributed by atoms with van der Waals surface area (Å²) in [6.45, 7) is 1.60. The largest absolute Gasteiger partial charge is 0.466 e. The van der Waals surface area contributed by atoms with Gasteiger partial charge in [-0.2, -0.15) is 0 Å². The van der Waals surface area contributed by atoms with Crippen LogP contribution >= 0.6 is 0 Å². The Morgan fingerprint density at radius 1 is 1.64 bits per heavy atom. The first-order chi connectivity index (χ1) is 5.13. The zero-order valence-electron chi connectivity index (χ0n) is 6.48. The number of esters is 1. The third-order valence-corrected chi connectivity index (χ3v) is 2.47. The molecule has 0 saturated heterocycles. The lowest BCUT2D eigenvalue weighted by molar-refractivity contribution is -0.140. The summed E-state index contributed by atoms with van der Waals surface area (Å²) in [4.78, 5) is 10.2. The Bertz CT molecular complexity index is 119. The van der Waals surface area contributed by atoms with Gasteiger partial charge in [0.2, 0.25) is 6.05 Å². The van der Waals surface area contributed by atoms with E-state index in [4.69, 9.17) is 0 Å². The highest BCUT2D eigenvalue weighted by molar-refractivity contribution is 6.36. The van der Waals surface area contributed by atoms with E-state index in [1.54, 1.807) is 0 Å². The monoisotopic (exact) mass is 182 g/mol. The molecule has 0 aromatic rings. The van der Waals surface area contributed by atoms with E-state index in [1.165, 1.54) is 6.92 Å². The maximum atomic E-state index is 11.6. The van der Waals surface area contributed by atoms with Crippen LogP contribution in [0, 0.1) is 0 Å². The lowest BCUT2D eigenvalue weighted by Gasteiger charge is -2.00. The van der Waals surface area contributed by atoms with Gasteiger partial charge in [0.15, 0.2) is 0 Å². The van der Waals surface area contributed by atoms with Crippen LogP contribution in [0.25, 0.3) is 0 Å². The van der Waals surface area contributed by atoms with E-state index in [0.717, 1.165) is 0 Å². The maximum absolute atomic E-state index is 11.6. The van der Waals surface area contributed by atoms with Crippen molar-refractivity contribution in [2.45, 2.75) is 25.4 Å². The highest BCUT2D eigenvalue weighted by atomic mass is 28.2. The van der Waals surface area contributed by atoms with Gasteiger partial charge in [0.1, 0.15) is 9.52 Å². The average molecular weight is 182 g/mol. The van der Waals surface area contributed by atoms with Gasteiger partial charge in [0.25, 0.3) is 0 Å². The van der Waals surface area contributed by atoms with E-state index in [-0.39, 0.29) is 12.6 Å². The molecule has 0 heterocycles. The third-order valence-electron chi connectivity index (χ3n) is 1.12. The van der Waals surface area contributed by atoms with Gasteiger partial charge in [-0.25, -0.2) is 8.78 Å². The number of carbonyl (C=O) groups is 1. The van der Waals surface area contributed by atoms with Crippen molar-refractivity contribution in [3.05, 3.63) is 0 Å². The molecule has 0 amide bonds. The van der Waals surface area contributed by atoms with E-state index < -0.39 is 15.6 Å². The molecule has 0 aliphatic rings. The van der Waals surface area contributed by atoms with Crippen molar-refractivity contribution < 1.29 is 18.3 Å². The number of hydrogen-bond acceptors (Lipinski definition) is 2. The number of alkyl halides is 2. The number of ether oxygens (including phenoxy) is 1. The smallest absolute Gasteiger partial charge is 0.302 e. The Kier molecular flexibility index (Phi) is 6.01. The van der Waals surface area contributed by atoms with Crippen molar-refractivity contribution in [3.63, 3.8) is 0 Å². The van der Waals surface area contributed by atoms with Crippen LogP contribution in [-0.2, 0) is 9.53 Å². The highest BCUT2D eigenvalue weighted by Crippen LogP contribution is 1.97. The highest BCUT2D eigenvalue weighted by Gasteiger charge is 2.02. The fourth-order valence-electron chi connectivity index (χ4n) is 0.617. The van der Waals surface area contributed by atoms with Crippen molar-refractivity contribution >= 4 is 15.5 Å². The van der Waals surface area contributed by atoms with Crippen LogP contribution < -0.4 is 0 Å². The minimum Gasteiger partial charge on any atom is -0.466 e. The molecule has 0 radical (unpaired) electrons. The molecule has 0 rings (SSSR count). The van der Waals surface area contributed by atoms with Gasteiger partial charge < -0.3 is 4.74 Å². The normalized spacial score (nSPS) is 11.3. The molecule has 11 heavy (non-hydrogen) atoms. The minimum atomic E-state index is -2.10. The minimum absolute atomic E-state index is 0.287. The Balaban J connectivity index is 2.97. The molecule has 0 unspecified atom stereocenters. The summed E-state index contributed by atoms with van der Waals surface area (Å²) in [5.41, 5.74) is 0. The van der Waals surface area contributed by atoms with E-state index in [1.807, 2.05) is 0 Å². The first kappa shape index (κ1) is 10.5. The number of halogens is 2. The van der Waals surface area contributed by atoms with Crippen molar-refractivity contribution in [1.29, 1.82) is 0 Å². The molecule has 5 heteroatoms. The molecule has 0 aromatic carbocycles. The van der Waals surface area contributed by atoms with Crippen molar-refractivity contribution in [3.8, 4) is 0 Å². The molecule has 0 aromatic heterocycles. The van der Waals surface area contributed by atoms with E-state index in [0.29, 0.717) is 12.5 Å². The van der Waals surface area contributed by atoms with Gasteiger partial charge in [-0.05, 0) is 6.42 Å². The summed E-state index contributed by atoms with van der Waals surface area (Å²) >= 11 is 0. The number of carbonyl (C=O) groups excluding carboxylic acids is 1. The molecular formula is C6H12F2O2Si. The van der Waals surface area contributed by atoms with Crippen LogP contribution in [0.3, 0.4) is 0 Å².